The van der Waals surface area contributed by atoms with Crippen LogP contribution in [0.5, 0.6) is 0 Å². The van der Waals surface area contributed by atoms with Crippen LogP contribution < -0.4 is 15.5 Å². The van der Waals surface area contributed by atoms with Crippen LogP contribution in [0.4, 0.5) is 5.00 Å². The maximum absolute atomic E-state index is 4.42. The summed E-state index contributed by atoms with van der Waals surface area (Å²) in [6, 6.07) is 4.89. The topological polar surface area (TPSA) is 42.9 Å². The van der Waals surface area contributed by atoms with Crippen molar-refractivity contribution in [3.63, 3.8) is 0 Å². The minimum Gasteiger partial charge on any atom is -0.363 e. The number of rotatable bonds is 4. The molecule has 0 spiro atoms. The third-order valence-electron chi connectivity index (χ3n) is 5.27. The van der Waals surface area contributed by atoms with Gasteiger partial charge in [-0.05, 0) is 69.3 Å². The molecule has 3 heterocycles. The summed E-state index contributed by atoms with van der Waals surface area (Å²) in [5.41, 5.74) is 0. The second-order valence-electron chi connectivity index (χ2n) is 7.06. The Morgan fingerprint density at radius 1 is 1.20 bits per heavy atom. The van der Waals surface area contributed by atoms with Crippen molar-refractivity contribution in [2.45, 2.75) is 31.7 Å². The summed E-state index contributed by atoms with van der Waals surface area (Å²) in [4.78, 5) is 9.34. The van der Waals surface area contributed by atoms with E-state index in [1.807, 2.05) is 18.4 Å². The molecule has 0 aliphatic carbocycles. The molecular formula is C18H32IN5S. The van der Waals surface area contributed by atoms with E-state index >= 15 is 0 Å². The molecular weight excluding hydrogens is 445 g/mol. The van der Waals surface area contributed by atoms with Crippen molar-refractivity contribution >= 4 is 46.3 Å². The highest BCUT2D eigenvalue weighted by Crippen LogP contribution is 2.24. The van der Waals surface area contributed by atoms with E-state index < -0.39 is 0 Å². The Morgan fingerprint density at radius 2 is 1.92 bits per heavy atom. The third kappa shape index (κ3) is 6.29. The lowest BCUT2D eigenvalue weighted by Gasteiger charge is -2.34. The maximum Gasteiger partial charge on any atom is 0.191 e. The zero-order valence-corrected chi connectivity index (χ0v) is 18.6. The van der Waals surface area contributed by atoms with Gasteiger partial charge in [-0.3, -0.25) is 4.99 Å². The minimum atomic E-state index is 0. The number of hydrogen-bond donors (Lipinski definition) is 2. The molecule has 2 aliphatic rings. The number of halogens is 1. The van der Waals surface area contributed by atoms with Crippen LogP contribution in [-0.2, 0) is 0 Å². The number of thiophene rings is 1. The second-order valence-corrected chi connectivity index (χ2v) is 7.98. The van der Waals surface area contributed by atoms with Gasteiger partial charge in [0.1, 0.15) is 0 Å². The molecule has 0 aromatic carbocycles. The molecule has 25 heavy (non-hydrogen) atoms. The Kier molecular flexibility index (Phi) is 8.78. The van der Waals surface area contributed by atoms with Gasteiger partial charge in [0.25, 0.3) is 0 Å². The van der Waals surface area contributed by atoms with Crippen LogP contribution in [0.1, 0.15) is 25.7 Å². The standard InChI is InChI=1S/C18H31N5S.HI/c1-19-18(20-14-15-5-9-22(2)10-6-15)21-16-7-11-23(12-8-16)17-4-3-13-24-17;/h3-4,13,15-16H,5-12,14H2,1-2H3,(H2,19,20,21);1H. The highest BCUT2D eigenvalue weighted by Gasteiger charge is 2.21. The normalized spacial score (nSPS) is 21.0. The highest BCUT2D eigenvalue weighted by molar-refractivity contribution is 14.0. The van der Waals surface area contributed by atoms with E-state index in [-0.39, 0.29) is 24.0 Å². The van der Waals surface area contributed by atoms with Crippen molar-refractivity contribution in [1.29, 1.82) is 0 Å². The summed E-state index contributed by atoms with van der Waals surface area (Å²) in [7, 11) is 4.09. The quantitative estimate of drug-likeness (QED) is 0.398. The molecule has 0 bridgehead atoms. The van der Waals surface area contributed by atoms with E-state index in [0.717, 1.165) is 31.5 Å². The number of piperidine rings is 2. The third-order valence-corrected chi connectivity index (χ3v) is 6.20. The van der Waals surface area contributed by atoms with Gasteiger partial charge in [-0.15, -0.1) is 35.3 Å². The predicted octanol–water partition coefficient (Wildman–Crippen LogP) is 2.84. The van der Waals surface area contributed by atoms with Crippen molar-refractivity contribution in [1.82, 2.24) is 15.5 Å². The Labute approximate surface area is 173 Å². The zero-order chi connectivity index (χ0) is 16.8. The largest absolute Gasteiger partial charge is 0.363 e. The average Bonchev–Trinajstić information content (AvgIpc) is 3.15. The van der Waals surface area contributed by atoms with E-state index in [1.165, 1.54) is 43.8 Å². The molecule has 1 aromatic rings. The maximum atomic E-state index is 4.42. The molecule has 0 amide bonds. The van der Waals surface area contributed by atoms with Gasteiger partial charge >= 0.3 is 0 Å². The van der Waals surface area contributed by atoms with Crippen molar-refractivity contribution in [3.05, 3.63) is 17.5 Å². The first-order valence-electron chi connectivity index (χ1n) is 9.19. The van der Waals surface area contributed by atoms with E-state index in [4.69, 9.17) is 0 Å². The lowest BCUT2D eigenvalue weighted by Crippen LogP contribution is -2.49. The molecule has 0 saturated carbocycles. The van der Waals surface area contributed by atoms with Gasteiger partial charge in [0.2, 0.25) is 0 Å². The molecule has 0 radical (unpaired) electrons. The van der Waals surface area contributed by atoms with Crippen LogP contribution in [0.2, 0.25) is 0 Å². The Balaban J connectivity index is 0.00000225. The van der Waals surface area contributed by atoms with Crippen LogP contribution in [-0.4, -0.2) is 63.7 Å². The molecule has 5 nitrogen and oxygen atoms in total. The van der Waals surface area contributed by atoms with Gasteiger partial charge in [0.15, 0.2) is 5.96 Å². The number of aliphatic imine (C=N–C) groups is 1. The van der Waals surface area contributed by atoms with E-state index in [0.29, 0.717) is 6.04 Å². The van der Waals surface area contributed by atoms with E-state index in [1.54, 1.807) is 0 Å². The molecule has 1 aromatic heterocycles. The van der Waals surface area contributed by atoms with Crippen LogP contribution in [0.15, 0.2) is 22.5 Å². The monoisotopic (exact) mass is 477 g/mol. The van der Waals surface area contributed by atoms with Crippen LogP contribution in [0, 0.1) is 5.92 Å². The average molecular weight is 477 g/mol. The van der Waals surface area contributed by atoms with Gasteiger partial charge in [0.05, 0.1) is 5.00 Å². The first kappa shape index (κ1) is 20.8. The first-order valence-corrected chi connectivity index (χ1v) is 10.1. The zero-order valence-electron chi connectivity index (χ0n) is 15.4. The van der Waals surface area contributed by atoms with Gasteiger partial charge in [-0.25, -0.2) is 0 Å². The summed E-state index contributed by atoms with van der Waals surface area (Å²) in [5.74, 6) is 1.75. The van der Waals surface area contributed by atoms with Gasteiger partial charge in [-0.2, -0.15) is 0 Å². The fourth-order valence-electron chi connectivity index (χ4n) is 3.59. The summed E-state index contributed by atoms with van der Waals surface area (Å²) >= 11 is 1.84. The molecule has 142 valence electrons. The number of nitrogens with one attached hydrogen (secondary N) is 2. The molecule has 0 unspecified atom stereocenters. The Morgan fingerprint density at radius 3 is 2.52 bits per heavy atom. The van der Waals surface area contributed by atoms with Gasteiger partial charge < -0.3 is 20.4 Å². The first-order chi connectivity index (χ1) is 11.7. The van der Waals surface area contributed by atoms with Crippen LogP contribution in [0.25, 0.3) is 0 Å². The van der Waals surface area contributed by atoms with Crippen LogP contribution >= 0.6 is 35.3 Å². The summed E-state index contributed by atoms with van der Waals surface area (Å²) in [6.07, 6.45) is 4.93. The summed E-state index contributed by atoms with van der Waals surface area (Å²) in [5, 5.41) is 10.7. The number of hydrogen-bond acceptors (Lipinski definition) is 4. The lowest BCUT2D eigenvalue weighted by atomic mass is 9.97. The fraction of sp³-hybridized carbons (Fsp3) is 0.722. The molecule has 2 saturated heterocycles. The number of likely N-dealkylation sites (tertiary alicyclic amines) is 1. The van der Waals surface area contributed by atoms with Crippen molar-refractivity contribution in [2.75, 3.05) is 51.7 Å². The molecule has 7 heteroatoms. The number of anilines is 1. The predicted molar refractivity (Wildman–Crippen MR) is 120 cm³/mol. The number of nitrogens with zero attached hydrogens (tertiary/aromatic N) is 3. The summed E-state index contributed by atoms with van der Waals surface area (Å²) < 4.78 is 0. The van der Waals surface area contributed by atoms with Crippen molar-refractivity contribution in [2.24, 2.45) is 10.9 Å². The molecule has 2 N–H and O–H groups in total. The fourth-order valence-corrected chi connectivity index (χ4v) is 4.37. The molecule has 0 atom stereocenters. The second kappa shape index (κ2) is 10.6. The lowest BCUT2D eigenvalue weighted by molar-refractivity contribution is 0.220. The summed E-state index contributed by atoms with van der Waals surface area (Å²) in [6.45, 7) is 5.74. The van der Waals surface area contributed by atoms with Gasteiger partial charge in [-0.1, -0.05) is 0 Å². The number of guanidine groups is 1. The highest BCUT2D eigenvalue weighted by atomic mass is 127. The van der Waals surface area contributed by atoms with Crippen molar-refractivity contribution < 1.29 is 0 Å². The Hall–Kier alpha value is -0.540. The molecule has 2 aliphatic heterocycles. The molecule has 2 fully saturated rings. The molecule has 3 rings (SSSR count). The van der Waals surface area contributed by atoms with E-state index in [2.05, 4.69) is 50.0 Å². The smallest absolute Gasteiger partial charge is 0.191 e. The van der Waals surface area contributed by atoms with Crippen molar-refractivity contribution in [3.8, 4) is 0 Å². The SMILES string of the molecule is CN=C(NCC1CCN(C)CC1)NC1CCN(c2cccs2)CC1.I. The van der Waals surface area contributed by atoms with Gasteiger partial charge in [0, 0.05) is 32.7 Å². The minimum absolute atomic E-state index is 0. The van der Waals surface area contributed by atoms with E-state index in [9.17, 15) is 0 Å². The van der Waals surface area contributed by atoms with Crippen LogP contribution in [0.3, 0.4) is 0 Å². The Bertz CT molecular complexity index is 506.